The molecule has 20 heavy (non-hydrogen) atoms. The third kappa shape index (κ3) is 3.58. The van der Waals surface area contributed by atoms with E-state index in [1.807, 2.05) is 26.0 Å². The van der Waals surface area contributed by atoms with Crippen molar-refractivity contribution in [3.63, 3.8) is 0 Å². The average Bonchev–Trinajstić information content (AvgIpc) is 2.36. The van der Waals surface area contributed by atoms with Crippen LogP contribution in [0.5, 0.6) is 5.75 Å². The molecule has 2 rings (SSSR count). The van der Waals surface area contributed by atoms with Crippen LogP contribution in [0.3, 0.4) is 0 Å². The molecule has 0 bridgehead atoms. The van der Waals surface area contributed by atoms with Crippen LogP contribution in [-0.2, 0) is 0 Å². The Hall–Kier alpha value is -1.87. The van der Waals surface area contributed by atoms with Gasteiger partial charge in [-0.2, -0.15) is 0 Å². The van der Waals surface area contributed by atoms with Crippen molar-refractivity contribution in [2.45, 2.75) is 33.0 Å². The van der Waals surface area contributed by atoms with Gasteiger partial charge < -0.3 is 9.84 Å². The Morgan fingerprint density at radius 2 is 1.80 bits per heavy atom. The quantitative estimate of drug-likeness (QED) is 0.913. The van der Waals surface area contributed by atoms with E-state index >= 15 is 0 Å². The molecule has 106 valence electrons. The molecule has 1 unspecified atom stereocenters. The topological polar surface area (TPSA) is 29.5 Å². The van der Waals surface area contributed by atoms with E-state index in [-0.39, 0.29) is 11.9 Å². The van der Waals surface area contributed by atoms with Crippen LogP contribution in [0.1, 0.15) is 36.6 Å². The normalized spacial score (nSPS) is 12.5. The fraction of sp³-hybridized carbons (Fsp3) is 0.294. The molecule has 2 aromatic carbocycles. The lowest BCUT2D eigenvalue weighted by Gasteiger charge is -2.15. The van der Waals surface area contributed by atoms with Crippen molar-refractivity contribution in [3.8, 4) is 5.75 Å². The molecule has 0 aromatic heterocycles. The molecular formula is C17H19FO2. The third-order valence-electron chi connectivity index (χ3n) is 2.93. The van der Waals surface area contributed by atoms with Crippen LogP contribution < -0.4 is 4.74 Å². The first-order valence-corrected chi connectivity index (χ1v) is 6.67. The maximum absolute atomic E-state index is 13.4. The van der Waals surface area contributed by atoms with Crippen LogP contribution in [0.2, 0.25) is 0 Å². The Kier molecular flexibility index (Phi) is 4.40. The summed E-state index contributed by atoms with van der Waals surface area (Å²) in [5.41, 5.74) is 2.02. The second-order valence-corrected chi connectivity index (χ2v) is 5.20. The van der Waals surface area contributed by atoms with Crippen molar-refractivity contribution in [2.75, 3.05) is 0 Å². The fourth-order valence-corrected chi connectivity index (χ4v) is 2.15. The molecule has 0 heterocycles. The summed E-state index contributed by atoms with van der Waals surface area (Å²) < 4.78 is 19.0. The summed E-state index contributed by atoms with van der Waals surface area (Å²) in [5, 5.41) is 10.4. The summed E-state index contributed by atoms with van der Waals surface area (Å²) in [7, 11) is 0. The molecule has 0 radical (unpaired) electrons. The molecule has 0 aliphatic heterocycles. The lowest BCUT2D eigenvalue weighted by Crippen LogP contribution is -2.06. The summed E-state index contributed by atoms with van der Waals surface area (Å²) in [6, 6.07) is 11.8. The van der Waals surface area contributed by atoms with Gasteiger partial charge in [-0.15, -0.1) is 0 Å². The Morgan fingerprint density at radius 1 is 1.05 bits per heavy atom. The Labute approximate surface area is 118 Å². The van der Waals surface area contributed by atoms with Crippen LogP contribution in [0.15, 0.2) is 42.5 Å². The monoisotopic (exact) mass is 274 g/mol. The number of benzene rings is 2. The molecular weight excluding hydrogens is 255 g/mol. The van der Waals surface area contributed by atoms with Crippen LogP contribution in [-0.4, -0.2) is 11.2 Å². The second kappa shape index (κ2) is 6.06. The lowest BCUT2D eigenvalue weighted by molar-refractivity contribution is 0.216. The third-order valence-corrected chi connectivity index (χ3v) is 2.93. The fourth-order valence-electron chi connectivity index (χ4n) is 2.15. The second-order valence-electron chi connectivity index (χ2n) is 5.20. The molecule has 0 spiro atoms. The molecule has 2 aromatic rings. The number of ether oxygens (including phenoxy) is 1. The standard InChI is InChI=1S/C17H19FO2/c1-11(2)20-16-6-4-5-13(10-16)17(19)14-7-12(3)8-15(18)9-14/h4-11,17,19H,1-3H3. The Bertz CT molecular complexity index is 573. The van der Waals surface area contributed by atoms with Crippen molar-refractivity contribution in [1.82, 2.24) is 0 Å². The minimum Gasteiger partial charge on any atom is -0.491 e. The predicted molar refractivity (Wildman–Crippen MR) is 77.4 cm³/mol. The van der Waals surface area contributed by atoms with Crippen molar-refractivity contribution in [2.24, 2.45) is 0 Å². The molecule has 0 saturated heterocycles. The Morgan fingerprint density at radius 3 is 2.45 bits per heavy atom. The van der Waals surface area contributed by atoms with E-state index in [1.165, 1.54) is 12.1 Å². The summed E-state index contributed by atoms with van der Waals surface area (Å²) >= 11 is 0. The van der Waals surface area contributed by atoms with E-state index in [4.69, 9.17) is 4.74 Å². The molecule has 0 fully saturated rings. The van der Waals surface area contributed by atoms with Gasteiger partial charge in [0.25, 0.3) is 0 Å². The van der Waals surface area contributed by atoms with Gasteiger partial charge in [-0.3, -0.25) is 0 Å². The van der Waals surface area contributed by atoms with Gasteiger partial charge in [0, 0.05) is 0 Å². The van der Waals surface area contributed by atoms with Gasteiger partial charge in [-0.25, -0.2) is 4.39 Å². The summed E-state index contributed by atoms with van der Waals surface area (Å²) in [5.74, 6) is 0.360. The van der Waals surface area contributed by atoms with Gasteiger partial charge in [0.05, 0.1) is 6.10 Å². The zero-order valence-electron chi connectivity index (χ0n) is 11.9. The minimum atomic E-state index is -0.861. The van der Waals surface area contributed by atoms with Gasteiger partial charge in [0.15, 0.2) is 0 Å². The van der Waals surface area contributed by atoms with Crippen molar-refractivity contribution >= 4 is 0 Å². The maximum atomic E-state index is 13.4. The molecule has 0 aliphatic carbocycles. The summed E-state index contributed by atoms with van der Waals surface area (Å²) in [6.07, 6.45) is -0.793. The maximum Gasteiger partial charge on any atom is 0.123 e. The highest BCUT2D eigenvalue weighted by atomic mass is 19.1. The van der Waals surface area contributed by atoms with Crippen molar-refractivity contribution in [1.29, 1.82) is 0 Å². The van der Waals surface area contributed by atoms with Crippen molar-refractivity contribution < 1.29 is 14.2 Å². The zero-order valence-corrected chi connectivity index (χ0v) is 11.9. The number of aliphatic hydroxyl groups is 1. The first kappa shape index (κ1) is 14.5. The van der Waals surface area contributed by atoms with E-state index in [1.54, 1.807) is 25.1 Å². The van der Waals surface area contributed by atoms with Gasteiger partial charge in [0.1, 0.15) is 17.7 Å². The van der Waals surface area contributed by atoms with E-state index in [0.29, 0.717) is 16.9 Å². The van der Waals surface area contributed by atoms with Gasteiger partial charge in [-0.05, 0) is 61.7 Å². The number of hydrogen-bond acceptors (Lipinski definition) is 2. The molecule has 2 nitrogen and oxygen atoms in total. The van der Waals surface area contributed by atoms with Crippen LogP contribution in [0, 0.1) is 12.7 Å². The number of halogens is 1. The van der Waals surface area contributed by atoms with E-state index < -0.39 is 6.10 Å². The van der Waals surface area contributed by atoms with Gasteiger partial charge in [-0.1, -0.05) is 18.2 Å². The molecule has 1 atom stereocenters. The number of aliphatic hydroxyl groups excluding tert-OH is 1. The minimum absolute atomic E-state index is 0.0683. The summed E-state index contributed by atoms with van der Waals surface area (Å²) in [6.45, 7) is 5.69. The van der Waals surface area contributed by atoms with Crippen LogP contribution in [0.4, 0.5) is 4.39 Å². The van der Waals surface area contributed by atoms with Gasteiger partial charge in [0.2, 0.25) is 0 Å². The largest absolute Gasteiger partial charge is 0.491 e. The van der Waals surface area contributed by atoms with Crippen LogP contribution in [0.25, 0.3) is 0 Å². The molecule has 0 saturated carbocycles. The number of aryl methyl sites for hydroxylation is 1. The average molecular weight is 274 g/mol. The highest BCUT2D eigenvalue weighted by Crippen LogP contribution is 2.26. The first-order valence-electron chi connectivity index (χ1n) is 6.67. The van der Waals surface area contributed by atoms with Gasteiger partial charge >= 0.3 is 0 Å². The predicted octanol–water partition coefficient (Wildman–Crippen LogP) is 4.00. The number of rotatable bonds is 4. The number of hydrogen-bond donors (Lipinski definition) is 1. The van der Waals surface area contributed by atoms with E-state index in [0.717, 1.165) is 5.56 Å². The molecule has 1 N–H and O–H groups in total. The van der Waals surface area contributed by atoms with E-state index in [2.05, 4.69) is 0 Å². The highest BCUT2D eigenvalue weighted by Gasteiger charge is 2.13. The summed E-state index contributed by atoms with van der Waals surface area (Å²) in [4.78, 5) is 0. The Balaban J connectivity index is 2.30. The molecule has 0 amide bonds. The smallest absolute Gasteiger partial charge is 0.123 e. The van der Waals surface area contributed by atoms with Crippen molar-refractivity contribution in [3.05, 3.63) is 65.0 Å². The highest BCUT2D eigenvalue weighted by molar-refractivity contribution is 5.36. The lowest BCUT2D eigenvalue weighted by atomic mass is 9.99. The zero-order chi connectivity index (χ0) is 14.7. The molecule has 0 aliphatic rings. The van der Waals surface area contributed by atoms with Crippen LogP contribution >= 0.6 is 0 Å². The molecule has 3 heteroatoms. The SMILES string of the molecule is Cc1cc(F)cc(C(O)c2cccc(OC(C)C)c2)c1. The first-order chi connectivity index (χ1) is 9.45. The van der Waals surface area contributed by atoms with E-state index in [9.17, 15) is 9.50 Å².